The smallest absolute Gasteiger partial charge is 0.257 e. The monoisotopic (exact) mass is 239 g/mol. The number of nitrogens with zero attached hydrogens (tertiary/aromatic N) is 3. The van der Waals surface area contributed by atoms with Crippen LogP contribution in [-0.4, -0.2) is 44.9 Å². The Kier molecular flexibility index (Phi) is 3.62. The van der Waals surface area contributed by atoms with Crippen LogP contribution in [0.4, 0.5) is 0 Å². The van der Waals surface area contributed by atoms with Crippen LogP contribution in [-0.2, 0) is 7.05 Å². The standard InChI is InChI=1S/C12H21N3O2/c1-8-10(9(2)15(6)13-8)11(16)14(5)7-12(3,4)17/h17H,7H2,1-6H3. The predicted molar refractivity (Wildman–Crippen MR) is 65.9 cm³/mol. The lowest BCUT2D eigenvalue weighted by Gasteiger charge is -2.25. The van der Waals surface area contributed by atoms with Gasteiger partial charge >= 0.3 is 0 Å². The molecular weight excluding hydrogens is 218 g/mol. The number of likely N-dealkylation sites (N-methyl/N-ethyl adjacent to an activating group) is 1. The molecule has 1 rings (SSSR count). The molecule has 0 aliphatic heterocycles. The summed E-state index contributed by atoms with van der Waals surface area (Å²) in [6.45, 7) is 7.34. The maximum atomic E-state index is 12.2. The van der Waals surface area contributed by atoms with Crippen LogP contribution in [0.25, 0.3) is 0 Å². The number of hydrogen-bond acceptors (Lipinski definition) is 3. The fraction of sp³-hybridized carbons (Fsp3) is 0.667. The molecule has 0 aliphatic carbocycles. The fourth-order valence-electron chi connectivity index (χ4n) is 1.93. The van der Waals surface area contributed by atoms with Gasteiger partial charge in [0.05, 0.1) is 16.9 Å². The topological polar surface area (TPSA) is 58.4 Å². The Morgan fingerprint density at radius 1 is 1.47 bits per heavy atom. The van der Waals surface area contributed by atoms with Crippen LogP contribution in [0.5, 0.6) is 0 Å². The average molecular weight is 239 g/mol. The summed E-state index contributed by atoms with van der Waals surface area (Å²) in [6, 6.07) is 0. The lowest BCUT2D eigenvalue weighted by atomic mass is 10.1. The van der Waals surface area contributed by atoms with Gasteiger partial charge in [-0.3, -0.25) is 9.48 Å². The van der Waals surface area contributed by atoms with Crippen LogP contribution < -0.4 is 0 Å². The van der Waals surface area contributed by atoms with Crippen molar-refractivity contribution in [2.45, 2.75) is 33.3 Å². The summed E-state index contributed by atoms with van der Waals surface area (Å²) in [5.74, 6) is -0.102. The molecule has 1 N–H and O–H groups in total. The zero-order valence-electron chi connectivity index (χ0n) is 11.4. The van der Waals surface area contributed by atoms with E-state index in [9.17, 15) is 9.90 Å². The van der Waals surface area contributed by atoms with Gasteiger partial charge in [-0.2, -0.15) is 5.10 Å². The van der Waals surface area contributed by atoms with E-state index in [0.29, 0.717) is 12.1 Å². The molecule has 0 bridgehead atoms. The van der Waals surface area contributed by atoms with Crippen molar-refractivity contribution in [3.05, 3.63) is 17.0 Å². The summed E-state index contributed by atoms with van der Waals surface area (Å²) < 4.78 is 1.69. The molecule has 0 aliphatic rings. The van der Waals surface area contributed by atoms with E-state index in [1.807, 2.05) is 20.9 Å². The summed E-state index contributed by atoms with van der Waals surface area (Å²) in [6.07, 6.45) is 0. The molecule has 0 fully saturated rings. The van der Waals surface area contributed by atoms with E-state index in [1.165, 1.54) is 4.90 Å². The Hall–Kier alpha value is -1.36. The zero-order valence-corrected chi connectivity index (χ0v) is 11.4. The Balaban J connectivity index is 2.97. The Bertz CT molecular complexity index is 430. The lowest BCUT2D eigenvalue weighted by molar-refractivity contribution is 0.0367. The van der Waals surface area contributed by atoms with Crippen LogP contribution in [0, 0.1) is 13.8 Å². The van der Waals surface area contributed by atoms with Gasteiger partial charge in [0.2, 0.25) is 0 Å². The van der Waals surface area contributed by atoms with Gasteiger partial charge < -0.3 is 10.0 Å². The molecule has 1 heterocycles. The third-order valence-electron chi connectivity index (χ3n) is 2.69. The van der Waals surface area contributed by atoms with Gasteiger partial charge in [-0.05, 0) is 27.7 Å². The molecule has 0 spiro atoms. The van der Waals surface area contributed by atoms with Crippen molar-refractivity contribution in [2.75, 3.05) is 13.6 Å². The maximum Gasteiger partial charge on any atom is 0.257 e. The van der Waals surface area contributed by atoms with Crippen LogP contribution in [0.3, 0.4) is 0 Å². The molecule has 0 atom stereocenters. The van der Waals surface area contributed by atoms with E-state index in [1.54, 1.807) is 25.6 Å². The minimum Gasteiger partial charge on any atom is -0.389 e. The first kappa shape index (κ1) is 13.7. The predicted octanol–water partition coefficient (Wildman–Crippen LogP) is 0.880. The van der Waals surface area contributed by atoms with Crippen molar-refractivity contribution in [1.82, 2.24) is 14.7 Å². The number of aryl methyl sites for hydroxylation is 2. The van der Waals surface area contributed by atoms with E-state index in [4.69, 9.17) is 0 Å². The summed E-state index contributed by atoms with van der Waals surface area (Å²) in [7, 11) is 3.50. The number of carbonyl (C=O) groups excluding carboxylic acids is 1. The Morgan fingerprint density at radius 2 is 2.00 bits per heavy atom. The highest BCUT2D eigenvalue weighted by atomic mass is 16.3. The SMILES string of the molecule is Cc1nn(C)c(C)c1C(=O)N(C)CC(C)(C)O. The van der Waals surface area contributed by atoms with Crippen molar-refractivity contribution >= 4 is 5.91 Å². The van der Waals surface area contributed by atoms with Gasteiger partial charge in [-0.1, -0.05) is 0 Å². The van der Waals surface area contributed by atoms with Crippen LogP contribution in [0.1, 0.15) is 35.6 Å². The number of aromatic nitrogens is 2. The van der Waals surface area contributed by atoms with Crippen molar-refractivity contribution < 1.29 is 9.90 Å². The van der Waals surface area contributed by atoms with Crippen LogP contribution in [0.15, 0.2) is 0 Å². The van der Waals surface area contributed by atoms with Crippen LogP contribution >= 0.6 is 0 Å². The van der Waals surface area contributed by atoms with Gasteiger partial charge in [0.1, 0.15) is 0 Å². The van der Waals surface area contributed by atoms with Crippen molar-refractivity contribution in [2.24, 2.45) is 7.05 Å². The van der Waals surface area contributed by atoms with E-state index in [0.717, 1.165) is 11.4 Å². The summed E-state index contributed by atoms with van der Waals surface area (Å²) in [5.41, 5.74) is 1.29. The van der Waals surface area contributed by atoms with Gasteiger partial charge in [0, 0.05) is 26.3 Å². The first-order chi connectivity index (χ1) is 7.63. The first-order valence-electron chi connectivity index (χ1n) is 5.61. The molecule has 0 aromatic carbocycles. The van der Waals surface area contributed by atoms with E-state index < -0.39 is 5.60 Å². The number of carbonyl (C=O) groups is 1. The molecule has 96 valence electrons. The molecule has 1 aromatic rings. The highest BCUT2D eigenvalue weighted by Gasteiger charge is 2.24. The van der Waals surface area contributed by atoms with E-state index >= 15 is 0 Å². The number of amides is 1. The van der Waals surface area contributed by atoms with Gasteiger partial charge in [-0.15, -0.1) is 0 Å². The number of rotatable bonds is 3. The summed E-state index contributed by atoms with van der Waals surface area (Å²) in [5, 5.41) is 13.9. The third kappa shape index (κ3) is 3.06. The van der Waals surface area contributed by atoms with Crippen LogP contribution in [0.2, 0.25) is 0 Å². The molecule has 1 amide bonds. The van der Waals surface area contributed by atoms with Crippen molar-refractivity contribution in [1.29, 1.82) is 0 Å². The minimum absolute atomic E-state index is 0.102. The lowest BCUT2D eigenvalue weighted by Crippen LogP contribution is -2.40. The van der Waals surface area contributed by atoms with E-state index in [-0.39, 0.29) is 5.91 Å². The highest BCUT2D eigenvalue weighted by Crippen LogP contribution is 2.15. The second kappa shape index (κ2) is 4.49. The molecule has 17 heavy (non-hydrogen) atoms. The Morgan fingerprint density at radius 3 is 2.35 bits per heavy atom. The molecule has 0 saturated heterocycles. The molecule has 1 aromatic heterocycles. The average Bonchev–Trinajstić information content (AvgIpc) is 2.37. The highest BCUT2D eigenvalue weighted by molar-refractivity contribution is 5.96. The molecular formula is C12H21N3O2. The van der Waals surface area contributed by atoms with Gasteiger partial charge in [-0.25, -0.2) is 0 Å². The molecule has 0 saturated carbocycles. The number of aliphatic hydroxyl groups is 1. The quantitative estimate of drug-likeness (QED) is 0.852. The molecule has 0 radical (unpaired) electrons. The minimum atomic E-state index is -0.894. The second-order valence-corrected chi connectivity index (χ2v) is 5.14. The van der Waals surface area contributed by atoms with E-state index in [2.05, 4.69) is 5.10 Å². The maximum absolute atomic E-state index is 12.2. The number of hydrogen-bond donors (Lipinski definition) is 1. The van der Waals surface area contributed by atoms with Gasteiger partial charge in [0.15, 0.2) is 0 Å². The summed E-state index contributed by atoms with van der Waals surface area (Å²) >= 11 is 0. The Labute approximate surface area is 102 Å². The molecule has 5 nitrogen and oxygen atoms in total. The molecule has 5 heteroatoms. The fourth-order valence-corrected chi connectivity index (χ4v) is 1.93. The second-order valence-electron chi connectivity index (χ2n) is 5.14. The molecule has 0 unspecified atom stereocenters. The first-order valence-corrected chi connectivity index (χ1v) is 5.61. The van der Waals surface area contributed by atoms with Crippen molar-refractivity contribution in [3.8, 4) is 0 Å². The van der Waals surface area contributed by atoms with Gasteiger partial charge in [0.25, 0.3) is 5.91 Å². The summed E-state index contributed by atoms with van der Waals surface area (Å²) in [4.78, 5) is 13.8. The normalized spacial score (nSPS) is 11.7. The third-order valence-corrected chi connectivity index (χ3v) is 2.69. The zero-order chi connectivity index (χ0) is 13.4. The van der Waals surface area contributed by atoms with Crippen molar-refractivity contribution in [3.63, 3.8) is 0 Å². The largest absolute Gasteiger partial charge is 0.389 e.